The largest absolute Gasteiger partial charge is 0.326 e. The van der Waals surface area contributed by atoms with Crippen molar-refractivity contribution in [1.29, 1.82) is 0 Å². The molecule has 1 amide bonds. The number of hydrogen-bond donors (Lipinski definition) is 2. The Labute approximate surface area is 113 Å². The Morgan fingerprint density at radius 1 is 1.42 bits per heavy atom. The van der Waals surface area contributed by atoms with Crippen molar-refractivity contribution in [2.24, 2.45) is 5.92 Å². The van der Waals surface area contributed by atoms with Crippen LogP contribution in [0.1, 0.15) is 31.2 Å². The van der Waals surface area contributed by atoms with Crippen molar-refractivity contribution in [2.45, 2.75) is 32.6 Å². The van der Waals surface area contributed by atoms with Crippen LogP contribution in [0.5, 0.6) is 0 Å². The van der Waals surface area contributed by atoms with Crippen molar-refractivity contribution in [2.75, 3.05) is 18.4 Å². The quantitative estimate of drug-likeness (QED) is 0.878. The lowest BCUT2D eigenvalue weighted by molar-refractivity contribution is -0.116. The SMILES string of the molecule is Cc1cc(F)ccc1NC(=O)CCC1CCNCC1. The molecule has 104 valence electrons. The number of aryl methyl sites for hydroxylation is 1. The average molecular weight is 264 g/mol. The molecule has 1 aromatic rings. The summed E-state index contributed by atoms with van der Waals surface area (Å²) in [6.07, 6.45) is 3.79. The summed E-state index contributed by atoms with van der Waals surface area (Å²) in [5.74, 6) is 0.403. The van der Waals surface area contributed by atoms with Gasteiger partial charge in [-0.05, 0) is 69.0 Å². The van der Waals surface area contributed by atoms with Crippen LogP contribution < -0.4 is 10.6 Å². The number of halogens is 1. The molecule has 1 aliphatic rings. The summed E-state index contributed by atoms with van der Waals surface area (Å²) in [4.78, 5) is 11.9. The van der Waals surface area contributed by atoms with E-state index >= 15 is 0 Å². The Hall–Kier alpha value is -1.42. The predicted molar refractivity (Wildman–Crippen MR) is 74.6 cm³/mol. The van der Waals surface area contributed by atoms with Crippen LogP contribution in [-0.4, -0.2) is 19.0 Å². The maximum Gasteiger partial charge on any atom is 0.224 e. The van der Waals surface area contributed by atoms with Gasteiger partial charge in [-0.2, -0.15) is 0 Å². The fraction of sp³-hybridized carbons (Fsp3) is 0.533. The molecule has 0 aromatic heterocycles. The maximum atomic E-state index is 13.0. The van der Waals surface area contributed by atoms with Crippen molar-refractivity contribution in [3.8, 4) is 0 Å². The van der Waals surface area contributed by atoms with Gasteiger partial charge in [-0.15, -0.1) is 0 Å². The number of nitrogens with one attached hydrogen (secondary N) is 2. The van der Waals surface area contributed by atoms with Crippen LogP contribution in [0.3, 0.4) is 0 Å². The van der Waals surface area contributed by atoms with E-state index in [1.54, 1.807) is 13.0 Å². The number of anilines is 1. The molecule has 0 spiro atoms. The zero-order valence-corrected chi connectivity index (χ0v) is 11.3. The van der Waals surface area contributed by atoms with E-state index in [0.29, 0.717) is 18.0 Å². The van der Waals surface area contributed by atoms with Crippen LogP contribution in [0.15, 0.2) is 18.2 Å². The maximum absolute atomic E-state index is 13.0. The molecule has 0 saturated carbocycles. The lowest BCUT2D eigenvalue weighted by Crippen LogP contribution is -2.28. The lowest BCUT2D eigenvalue weighted by Gasteiger charge is -2.22. The first-order valence-electron chi connectivity index (χ1n) is 6.92. The van der Waals surface area contributed by atoms with Gasteiger partial charge in [-0.3, -0.25) is 4.79 Å². The standard InChI is InChI=1S/C15H21FN2O/c1-11-10-13(16)3-4-14(11)18-15(19)5-2-12-6-8-17-9-7-12/h3-4,10,12,17H,2,5-9H2,1H3,(H,18,19). The molecule has 0 atom stereocenters. The van der Waals surface area contributed by atoms with Gasteiger partial charge in [0, 0.05) is 12.1 Å². The van der Waals surface area contributed by atoms with Crippen molar-refractivity contribution in [3.05, 3.63) is 29.6 Å². The van der Waals surface area contributed by atoms with Crippen molar-refractivity contribution in [1.82, 2.24) is 5.32 Å². The molecule has 2 N–H and O–H groups in total. The summed E-state index contributed by atoms with van der Waals surface area (Å²) in [6.45, 7) is 3.91. The van der Waals surface area contributed by atoms with E-state index in [-0.39, 0.29) is 11.7 Å². The fourth-order valence-electron chi connectivity index (χ4n) is 2.49. The monoisotopic (exact) mass is 264 g/mol. The summed E-state index contributed by atoms with van der Waals surface area (Å²) < 4.78 is 13.0. The van der Waals surface area contributed by atoms with Gasteiger partial charge < -0.3 is 10.6 Å². The van der Waals surface area contributed by atoms with Crippen molar-refractivity contribution < 1.29 is 9.18 Å². The van der Waals surface area contributed by atoms with E-state index in [1.165, 1.54) is 12.1 Å². The summed E-state index contributed by atoms with van der Waals surface area (Å²) in [7, 11) is 0. The molecule has 0 bridgehead atoms. The normalized spacial score (nSPS) is 16.3. The molecule has 3 nitrogen and oxygen atoms in total. The molecular formula is C15H21FN2O. The van der Waals surface area contributed by atoms with Crippen LogP contribution in [0, 0.1) is 18.7 Å². The smallest absolute Gasteiger partial charge is 0.224 e. The third kappa shape index (κ3) is 4.31. The van der Waals surface area contributed by atoms with Crippen LogP contribution in [0.25, 0.3) is 0 Å². The Kier molecular flexibility index (Phi) is 4.91. The molecule has 1 aromatic carbocycles. The first-order valence-corrected chi connectivity index (χ1v) is 6.92. The molecule has 2 rings (SSSR count). The topological polar surface area (TPSA) is 41.1 Å². The molecule has 1 saturated heterocycles. The van der Waals surface area contributed by atoms with Gasteiger partial charge in [0.25, 0.3) is 0 Å². The number of benzene rings is 1. The lowest BCUT2D eigenvalue weighted by atomic mass is 9.93. The number of carbonyl (C=O) groups is 1. The van der Waals surface area contributed by atoms with Gasteiger partial charge in [0.15, 0.2) is 0 Å². The Balaban J connectivity index is 1.80. The minimum atomic E-state index is -0.273. The van der Waals surface area contributed by atoms with E-state index in [9.17, 15) is 9.18 Å². The number of carbonyl (C=O) groups excluding carboxylic acids is 1. The van der Waals surface area contributed by atoms with Gasteiger partial charge in [-0.1, -0.05) is 0 Å². The minimum Gasteiger partial charge on any atom is -0.326 e. The highest BCUT2D eigenvalue weighted by atomic mass is 19.1. The molecule has 1 aliphatic heterocycles. The second kappa shape index (κ2) is 6.66. The molecule has 0 radical (unpaired) electrons. The van der Waals surface area contributed by atoms with Crippen LogP contribution >= 0.6 is 0 Å². The molecule has 0 aliphatic carbocycles. The highest BCUT2D eigenvalue weighted by Gasteiger charge is 2.14. The molecular weight excluding hydrogens is 243 g/mol. The van der Waals surface area contributed by atoms with E-state index in [0.717, 1.165) is 37.9 Å². The number of amides is 1. The van der Waals surface area contributed by atoms with Crippen LogP contribution in [-0.2, 0) is 4.79 Å². The number of rotatable bonds is 4. The van der Waals surface area contributed by atoms with E-state index in [1.807, 2.05) is 0 Å². The highest BCUT2D eigenvalue weighted by molar-refractivity contribution is 5.91. The molecule has 4 heteroatoms. The molecule has 0 unspecified atom stereocenters. The van der Waals surface area contributed by atoms with Gasteiger partial charge in [0.2, 0.25) is 5.91 Å². The predicted octanol–water partition coefficient (Wildman–Crippen LogP) is 2.85. The second-order valence-corrected chi connectivity index (χ2v) is 5.24. The fourth-order valence-corrected chi connectivity index (χ4v) is 2.49. The van der Waals surface area contributed by atoms with Crippen molar-refractivity contribution in [3.63, 3.8) is 0 Å². The highest BCUT2D eigenvalue weighted by Crippen LogP contribution is 2.19. The molecule has 1 heterocycles. The molecule has 19 heavy (non-hydrogen) atoms. The Morgan fingerprint density at radius 3 is 2.84 bits per heavy atom. The van der Waals surface area contributed by atoms with E-state index in [4.69, 9.17) is 0 Å². The number of piperidine rings is 1. The third-order valence-corrected chi connectivity index (χ3v) is 3.70. The number of hydrogen-bond acceptors (Lipinski definition) is 2. The van der Waals surface area contributed by atoms with Crippen LogP contribution in [0.4, 0.5) is 10.1 Å². The van der Waals surface area contributed by atoms with Gasteiger partial charge in [0.05, 0.1) is 0 Å². The third-order valence-electron chi connectivity index (χ3n) is 3.70. The van der Waals surface area contributed by atoms with Crippen LogP contribution in [0.2, 0.25) is 0 Å². The summed E-state index contributed by atoms with van der Waals surface area (Å²) >= 11 is 0. The zero-order valence-electron chi connectivity index (χ0n) is 11.3. The van der Waals surface area contributed by atoms with E-state index in [2.05, 4.69) is 10.6 Å². The second-order valence-electron chi connectivity index (χ2n) is 5.24. The summed E-state index contributed by atoms with van der Waals surface area (Å²) in [6, 6.07) is 4.42. The van der Waals surface area contributed by atoms with Crippen molar-refractivity contribution >= 4 is 11.6 Å². The van der Waals surface area contributed by atoms with Gasteiger partial charge in [-0.25, -0.2) is 4.39 Å². The minimum absolute atomic E-state index is 0.0215. The van der Waals surface area contributed by atoms with Gasteiger partial charge in [0.1, 0.15) is 5.82 Å². The first kappa shape index (κ1) is 14.0. The Morgan fingerprint density at radius 2 is 2.16 bits per heavy atom. The van der Waals surface area contributed by atoms with Gasteiger partial charge >= 0.3 is 0 Å². The first-order chi connectivity index (χ1) is 9.15. The average Bonchev–Trinajstić information content (AvgIpc) is 2.41. The Bertz CT molecular complexity index is 442. The summed E-state index contributed by atoms with van der Waals surface area (Å²) in [5.41, 5.74) is 1.46. The summed E-state index contributed by atoms with van der Waals surface area (Å²) in [5, 5.41) is 6.17. The zero-order chi connectivity index (χ0) is 13.7. The van der Waals surface area contributed by atoms with E-state index < -0.39 is 0 Å². The molecule has 1 fully saturated rings.